The number of aromatic nitrogens is 3. The molecule has 0 radical (unpaired) electrons. The predicted molar refractivity (Wildman–Crippen MR) is 115 cm³/mol. The Balaban J connectivity index is 1.48. The van der Waals surface area contributed by atoms with E-state index < -0.39 is 10.0 Å². The summed E-state index contributed by atoms with van der Waals surface area (Å²) in [5, 5.41) is 4.35. The number of aryl methyl sites for hydroxylation is 1. The number of sulfonamides is 1. The zero-order chi connectivity index (χ0) is 21.4. The van der Waals surface area contributed by atoms with E-state index in [1.807, 2.05) is 47.4 Å². The van der Waals surface area contributed by atoms with Crippen LogP contribution in [0.5, 0.6) is 5.88 Å². The van der Waals surface area contributed by atoms with Crippen molar-refractivity contribution in [2.45, 2.75) is 43.6 Å². The molecule has 9 heteroatoms. The van der Waals surface area contributed by atoms with Gasteiger partial charge in [-0.25, -0.2) is 13.4 Å². The molecule has 2 unspecified atom stereocenters. The summed E-state index contributed by atoms with van der Waals surface area (Å²) in [5.41, 5.74) is 2.05. The van der Waals surface area contributed by atoms with Crippen molar-refractivity contribution in [1.29, 1.82) is 0 Å². The Morgan fingerprint density at radius 2 is 1.90 bits per heavy atom. The van der Waals surface area contributed by atoms with Crippen LogP contribution in [0.2, 0.25) is 0 Å². The molecule has 4 heterocycles. The van der Waals surface area contributed by atoms with Crippen LogP contribution in [0.4, 0.5) is 0 Å². The van der Waals surface area contributed by atoms with Crippen LogP contribution in [-0.2, 0) is 29.7 Å². The molecule has 0 spiro atoms. The maximum atomic E-state index is 13.7. The lowest BCUT2D eigenvalue weighted by Gasteiger charge is -2.28. The molecule has 31 heavy (non-hydrogen) atoms. The Labute approximate surface area is 182 Å². The first kappa shape index (κ1) is 20.2. The van der Waals surface area contributed by atoms with E-state index in [0.717, 1.165) is 17.7 Å². The third-order valence-corrected chi connectivity index (χ3v) is 7.75. The van der Waals surface area contributed by atoms with E-state index in [1.54, 1.807) is 22.6 Å². The smallest absolute Gasteiger partial charge is 0.249 e. The van der Waals surface area contributed by atoms with Crippen LogP contribution in [0.25, 0.3) is 0 Å². The normalized spacial score (nSPS) is 23.0. The summed E-state index contributed by atoms with van der Waals surface area (Å²) in [6.45, 7) is 5.07. The van der Waals surface area contributed by atoms with Crippen LogP contribution >= 0.6 is 0 Å². The second-order valence-corrected chi connectivity index (χ2v) is 9.82. The van der Waals surface area contributed by atoms with E-state index >= 15 is 0 Å². The van der Waals surface area contributed by atoms with Gasteiger partial charge in [0.25, 0.3) is 0 Å². The number of likely N-dealkylation sites (tertiary alicyclic amines) is 1. The molecule has 2 aliphatic heterocycles. The van der Waals surface area contributed by atoms with Gasteiger partial charge in [-0.05, 0) is 24.6 Å². The number of benzene rings is 1. The van der Waals surface area contributed by atoms with Gasteiger partial charge < -0.3 is 4.74 Å². The van der Waals surface area contributed by atoms with Gasteiger partial charge in [0.2, 0.25) is 15.9 Å². The highest BCUT2D eigenvalue weighted by Gasteiger charge is 2.47. The van der Waals surface area contributed by atoms with Crippen molar-refractivity contribution in [1.82, 2.24) is 24.0 Å². The van der Waals surface area contributed by atoms with Crippen molar-refractivity contribution in [2.75, 3.05) is 13.1 Å². The van der Waals surface area contributed by atoms with E-state index in [-0.39, 0.29) is 22.9 Å². The van der Waals surface area contributed by atoms with Gasteiger partial charge in [0.15, 0.2) is 0 Å². The van der Waals surface area contributed by atoms with Gasteiger partial charge in [-0.2, -0.15) is 9.40 Å². The standard InChI is InChI=1S/C22H25N5O3S/c1-2-26-13-18(11-24-26)12-25-15-19-20(16-25)30-22-21(9-6-10-23-22)31(28,29)27(19)14-17-7-4-3-5-8-17/h3-11,13,19-20H,2,12,14-16H2,1H3. The predicted octanol–water partition coefficient (Wildman–Crippen LogP) is 2.13. The number of ether oxygens (including phenoxy) is 1. The van der Waals surface area contributed by atoms with E-state index in [0.29, 0.717) is 26.2 Å². The third-order valence-electron chi connectivity index (χ3n) is 5.87. The van der Waals surface area contributed by atoms with Crippen molar-refractivity contribution >= 4 is 10.0 Å². The van der Waals surface area contributed by atoms with E-state index in [1.165, 1.54) is 0 Å². The van der Waals surface area contributed by atoms with Gasteiger partial charge in [0.05, 0.1) is 12.2 Å². The molecule has 2 atom stereocenters. The molecule has 0 aliphatic carbocycles. The van der Waals surface area contributed by atoms with Crippen LogP contribution < -0.4 is 4.74 Å². The Morgan fingerprint density at radius 1 is 1.06 bits per heavy atom. The van der Waals surface area contributed by atoms with Crippen molar-refractivity contribution in [3.63, 3.8) is 0 Å². The van der Waals surface area contributed by atoms with E-state index in [4.69, 9.17) is 4.74 Å². The minimum atomic E-state index is -3.77. The minimum Gasteiger partial charge on any atom is -0.470 e. The van der Waals surface area contributed by atoms with Crippen molar-refractivity contribution < 1.29 is 13.2 Å². The SMILES string of the molecule is CCn1cc(CN2CC3Oc4ncccc4S(=O)(=O)N(Cc4ccccc4)C3C2)cn1. The van der Waals surface area contributed by atoms with Crippen LogP contribution in [0.1, 0.15) is 18.1 Å². The molecule has 8 nitrogen and oxygen atoms in total. The van der Waals surface area contributed by atoms with Crippen molar-refractivity contribution in [2.24, 2.45) is 0 Å². The van der Waals surface area contributed by atoms with Crippen LogP contribution in [-0.4, -0.2) is 57.6 Å². The highest BCUT2D eigenvalue weighted by Crippen LogP contribution is 2.36. The Hall–Kier alpha value is -2.75. The molecule has 3 aromatic rings. The number of hydrogen-bond acceptors (Lipinski definition) is 6. The maximum Gasteiger partial charge on any atom is 0.249 e. The van der Waals surface area contributed by atoms with E-state index in [2.05, 4.69) is 21.9 Å². The molecule has 1 saturated heterocycles. The van der Waals surface area contributed by atoms with Gasteiger partial charge in [-0.1, -0.05) is 30.3 Å². The summed E-state index contributed by atoms with van der Waals surface area (Å²) in [5.74, 6) is 0.189. The average Bonchev–Trinajstić information content (AvgIpc) is 3.38. The highest BCUT2D eigenvalue weighted by molar-refractivity contribution is 7.89. The van der Waals surface area contributed by atoms with Crippen LogP contribution in [0, 0.1) is 0 Å². The fourth-order valence-corrected chi connectivity index (χ4v) is 6.05. The number of fused-ring (bicyclic) bond motifs is 2. The summed E-state index contributed by atoms with van der Waals surface area (Å²) in [6, 6.07) is 12.6. The first-order valence-corrected chi connectivity index (χ1v) is 11.9. The third kappa shape index (κ3) is 3.84. The minimum absolute atomic E-state index is 0.135. The van der Waals surface area contributed by atoms with Crippen molar-refractivity contribution in [3.8, 4) is 5.88 Å². The number of nitrogens with zero attached hydrogens (tertiary/aromatic N) is 5. The second-order valence-electron chi connectivity index (χ2n) is 7.96. The zero-order valence-corrected chi connectivity index (χ0v) is 18.1. The van der Waals surface area contributed by atoms with E-state index in [9.17, 15) is 8.42 Å². The Morgan fingerprint density at radius 3 is 2.68 bits per heavy atom. The van der Waals surface area contributed by atoms with Gasteiger partial charge >= 0.3 is 0 Å². The lowest BCUT2D eigenvalue weighted by Crippen LogP contribution is -2.46. The van der Waals surface area contributed by atoms with Gasteiger partial charge in [-0.3, -0.25) is 9.58 Å². The second kappa shape index (κ2) is 8.07. The molecule has 0 amide bonds. The first-order valence-electron chi connectivity index (χ1n) is 10.5. The highest BCUT2D eigenvalue weighted by atomic mass is 32.2. The zero-order valence-electron chi connectivity index (χ0n) is 17.3. The molecule has 0 bridgehead atoms. The monoisotopic (exact) mass is 439 g/mol. The summed E-state index contributed by atoms with van der Waals surface area (Å²) in [6.07, 6.45) is 5.18. The van der Waals surface area contributed by atoms with Gasteiger partial charge in [-0.15, -0.1) is 0 Å². The molecule has 5 rings (SSSR count). The number of rotatable bonds is 5. The molecule has 1 aromatic carbocycles. The quantitative estimate of drug-likeness (QED) is 0.606. The molecule has 0 N–H and O–H groups in total. The van der Waals surface area contributed by atoms with Gasteiger partial charge in [0, 0.05) is 50.7 Å². The fourth-order valence-electron chi connectivity index (χ4n) is 4.35. The average molecular weight is 440 g/mol. The van der Waals surface area contributed by atoms with Gasteiger partial charge in [0.1, 0.15) is 11.0 Å². The molecule has 2 aliphatic rings. The molecule has 0 saturated carbocycles. The molecule has 2 aromatic heterocycles. The largest absolute Gasteiger partial charge is 0.470 e. The first-order chi connectivity index (χ1) is 15.0. The lowest BCUT2D eigenvalue weighted by molar-refractivity contribution is 0.144. The number of pyridine rings is 1. The maximum absolute atomic E-state index is 13.7. The topological polar surface area (TPSA) is 80.6 Å². The summed E-state index contributed by atoms with van der Waals surface area (Å²) >= 11 is 0. The Bertz CT molecular complexity index is 1160. The van der Waals surface area contributed by atoms with Crippen molar-refractivity contribution in [3.05, 3.63) is 72.2 Å². The molecule has 1 fully saturated rings. The molecular formula is C22H25N5O3S. The van der Waals surface area contributed by atoms with Crippen LogP contribution in [0.3, 0.4) is 0 Å². The summed E-state index contributed by atoms with van der Waals surface area (Å²) in [7, 11) is -3.77. The lowest BCUT2D eigenvalue weighted by atomic mass is 10.1. The number of hydrogen-bond donors (Lipinski definition) is 0. The molecular weight excluding hydrogens is 414 g/mol. The fraction of sp³-hybridized carbons (Fsp3) is 0.364. The summed E-state index contributed by atoms with van der Waals surface area (Å²) in [4.78, 5) is 6.61. The summed E-state index contributed by atoms with van der Waals surface area (Å²) < 4.78 is 37.0. The molecule has 162 valence electrons. The Kier molecular flexibility index (Phi) is 5.25. The van der Waals surface area contributed by atoms with Crippen LogP contribution in [0.15, 0.2) is 66.0 Å².